The first-order chi connectivity index (χ1) is 11.7. The molecule has 126 valence electrons. The van der Waals surface area contributed by atoms with E-state index in [-0.39, 0.29) is 11.7 Å². The monoisotopic (exact) mass is 327 g/mol. The lowest BCUT2D eigenvalue weighted by molar-refractivity contribution is -0.117. The number of aromatic amines is 1. The number of hydrogen-bond acceptors (Lipinski definition) is 2. The predicted molar refractivity (Wildman–Crippen MR) is 91.2 cm³/mol. The van der Waals surface area contributed by atoms with Crippen LogP contribution in [0.5, 0.6) is 0 Å². The molecular weight excluding hydrogens is 305 g/mol. The van der Waals surface area contributed by atoms with Crippen molar-refractivity contribution in [3.8, 4) is 11.3 Å². The second-order valence-electron chi connectivity index (χ2n) is 7.05. The highest BCUT2D eigenvalue weighted by atomic mass is 19.1. The lowest BCUT2D eigenvalue weighted by atomic mass is 10.0. The molecule has 0 aliphatic heterocycles. The van der Waals surface area contributed by atoms with Gasteiger partial charge in [-0.15, -0.1) is 0 Å². The molecule has 2 saturated carbocycles. The Hall–Kier alpha value is -2.17. The molecule has 2 aliphatic carbocycles. The van der Waals surface area contributed by atoms with E-state index in [0.29, 0.717) is 29.5 Å². The number of aromatic nitrogens is 2. The van der Waals surface area contributed by atoms with Crippen molar-refractivity contribution in [2.45, 2.75) is 50.9 Å². The van der Waals surface area contributed by atoms with Crippen LogP contribution in [0.1, 0.15) is 56.6 Å². The number of anilines is 1. The second kappa shape index (κ2) is 6.38. The molecule has 0 spiro atoms. The first-order valence-electron chi connectivity index (χ1n) is 8.85. The van der Waals surface area contributed by atoms with Gasteiger partial charge in [-0.25, -0.2) is 4.39 Å². The lowest BCUT2D eigenvalue weighted by Gasteiger charge is -2.11. The van der Waals surface area contributed by atoms with Gasteiger partial charge in [0.05, 0.1) is 11.4 Å². The highest BCUT2D eigenvalue weighted by molar-refractivity contribution is 5.95. The average Bonchev–Trinajstić information content (AvgIpc) is 3.11. The third-order valence-electron chi connectivity index (χ3n) is 5.09. The molecule has 2 N–H and O–H groups in total. The largest absolute Gasteiger partial charge is 0.323 e. The summed E-state index contributed by atoms with van der Waals surface area (Å²) in [5, 5.41) is 10.5. The summed E-state index contributed by atoms with van der Waals surface area (Å²) in [5.41, 5.74) is 3.05. The Morgan fingerprint density at radius 1 is 1.25 bits per heavy atom. The zero-order chi connectivity index (χ0) is 16.5. The van der Waals surface area contributed by atoms with E-state index in [1.54, 1.807) is 6.07 Å². The molecule has 1 amide bonds. The number of nitrogens with zero attached hydrogens (tertiary/aromatic N) is 1. The SMILES string of the molecule is O=C(CC1CCCC1)Nc1c(-c2cccc(F)c2)n[nH]c1C1CC1. The smallest absolute Gasteiger partial charge is 0.224 e. The number of rotatable bonds is 5. The Morgan fingerprint density at radius 2 is 2.04 bits per heavy atom. The summed E-state index contributed by atoms with van der Waals surface area (Å²) in [5.74, 6) is 0.676. The maximum Gasteiger partial charge on any atom is 0.224 e. The fourth-order valence-corrected chi connectivity index (χ4v) is 3.66. The number of amides is 1. The zero-order valence-corrected chi connectivity index (χ0v) is 13.6. The second-order valence-corrected chi connectivity index (χ2v) is 7.05. The van der Waals surface area contributed by atoms with Crippen LogP contribution in [0.4, 0.5) is 10.1 Å². The topological polar surface area (TPSA) is 57.8 Å². The maximum atomic E-state index is 13.6. The van der Waals surface area contributed by atoms with E-state index >= 15 is 0 Å². The van der Waals surface area contributed by atoms with Gasteiger partial charge in [-0.2, -0.15) is 5.10 Å². The molecule has 0 unspecified atom stereocenters. The molecule has 5 heteroatoms. The number of H-pyrrole nitrogens is 1. The lowest BCUT2D eigenvalue weighted by Crippen LogP contribution is -2.16. The van der Waals surface area contributed by atoms with Crippen LogP contribution in [-0.2, 0) is 4.79 Å². The van der Waals surface area contributed by atoms with Crippen molar-refractivity contribution in [1.82, 2.24) is 10.2 Å². The zero-order valence-electron chi connectivity index (χ0n) is 13.6. The molecule has 24 heavy (non-hydrogen) atoms. The van der Waals surface area contributed by atoms with E-state index in [4.69, 9.17) is 0 Å². The van der Waals surface area contributed by atoms with E-state index in [0.717, 1.165) is 37.1 Å². The van der Waals surface area contributed by atoms with E-state index in [1.165, 1.54) is 25.0 Å². The Kier molecular flexibility index (Phi) is 4.08. The Morgan fingerprint density at radius 3 is 2.75 bits per heavy atom. The fraction of sp³-hybridized carbons (Fsp3) is 0.474. The van der Waals surface area contributed by atoms with E-state index < -0.39 is 0 Å². The van der Waals surface area contributed by atoms with Crippen molar-refractivity contribution in [3.63, 3.8) is 0 Å². The van der Waals surface area contributed by atoms with Gasteiger partial charge in [-0.1, -0.05) is 25.0 Å². The summed E-state index contributed by atoms with van der Waals surface area (Å²) in [7, 11) is 0. The van der Waals surface area contributed by atoms with E-state index in [9.17, 15) is 9.18 Å². The summed E-state index contributed by atoms with van der Waals surface area (Å²) in [6, 6.07) is 6.36. The number of halogens is 1. The van der Waals surface area contributed by atoms with Crippen LogP contribution in [0.3, 0.4) is 0 Å². The number of nitrogens with one attached hydrogen (secondary N) is 2. The van der Waals surface area contributed by atoms with Gasteiger partial charge < -0.3 is 5.32 Å². The predicted octanol–water partition coefficient (Wildman–Crippen LogP) is 4.61. The normalized spacial score (nSPS) is 18.0. The van der Waals surface area contributed by atoms with Crippen LogP contribution in [0, 0.1) is 11.7 Å². The minimum absolute atomic E-state index is 0.0443. The summed E-state index contributed by atoms with van der Waals surface area (Å²) in [6.45, 7) is 0. The number of carbonyl (C=O) groups is 1. The van der Waals surface area contributed by atoms with Crippen LogP contribution in [0.15, 0.2) is 24.3 Å². The van der Waals surface area contributed by atoms with Crippen LogP contribution in [-0.4, -0.2) is 16.1 Å². The third kappa shape index (κ3) is 3.21. The summed E-state index contributed by atoms with van der Waals surface area (Å²) in [6.07, 6.45) is 7.53. The Bertz CT molecular complexity index is 745. The Labute approximate surface area is 140 Å². The highest BCUT2D eigenvalue weighted by Crippen LogP contribution is 2.45. The Balaban J connectivity index is 1.60. The average molecular weight is 327 g/mol. The molecule has 2 aromatic rings. The maximum absolute atomic E-state index is 13.6. The van der Waals surface area contributed by atoms with E-state index in [1.807, 2.05) is 6.07 Å². The molecule has 2 aliphatic rings. The van der Waals surface area contributed by atoms with Crippen LogP contribution >= 0.6 is 0 Å². The number of benzene rings is 1. The minimum Gasteiger partial charge on any atom is -0.323 e. The minimum atomic E-state index is -0.299. The molecule has 4 nitrogen and oxygen atoms in total. The van der Waals surface area contributed by atoms with Crippen molar-refractivity contribution in [2.24, 2.45) is 5.92 Å². The summed E-state index contributed by atoms with van der Waals surface area (Å²) < 4.78 is 13.6. The summed E-state index contributed by atoms with van der Waals surface area (Å²) >= 11 is 0. The quantitative estimate of drug-likeness (QED) is 0.842. The first kappa shape index (κ1) is 15.4. The van der Waals surface area contributed by atoms with Crippen LogP contribution in [0.25, 0.3) is 11.3 Å². The van der Waals surface area contributed by atoms with Crippen LogP contribution < -0.4 is 5.32 Å². The van der Waals surface area contributed by atoms with Crippen molar-refractivity contribution in [2.75, 3.05) is 5.32 Å². The van der Waals surface area contributed by atoms with Gasteiger partial charge in [0, 0.05) is 17.9 Å². The van der Waals surface area contributed by atoms with Gasteiger partial charge in [0.2, 0.25) is 5.91 Å². The van der Waals surface area contributed by atoms with Gasteiger partial charge in [0.1, 0.15) is 11.5 Å². The molecule has 1 aromatic heterocycles. The standard InChI is InChI=1S/C19H22FN3O/c20-15-7-3-6-14(11-15)18-19(17(22-23-18)13-8-9-13)21-16(24)10-12-4-1-2-5-12/h3,6-7,11-13H,1-2,4-5,8-10H2,(H,21,24)(H,22,23). The van der Waals surface area contributed by atoms with Crippen molar-refractivity contribution in [3.05, 3.63) is 35.8 Å². The van der Waals surface area contributed by atoms with Crippen molar-refractivity contribution < 1.29 is 9.18 Å². The molecule has 1 heterocycles. The van der Waals surface area contributed by atoms with Crippen molar-refractivity contribution >= 4 is 11.6 Å². The molecule has 1 aromatic carbocycles. The van der Waals surface area contributed by atoms with Crippen molar-refractivity contribution in [1.29, 1.82) is 0 Å². The molecule has 0 saturated heterocycles. The summed E-state index contributed by atoms with van der Waals surface area (Å²) in [4.78, 5) is 12.5. The highest BCUT2D eigenvalue weighted by Gasteiger charge is 2.31. The molecule has 0 atom stereocenters. The van der Waals surface area contributed by atoms with Crippen LogP contribution in [0.2, 0.25) is 0 Å². The molecule has 0 radical (unpaired) electrons. The fourth-order valence-electron chi connectivity index (χ4n) is 3.66. The van der Waals surface area contributed by atoms with Gasteiger partial charge in [0.25, 0.3) is 0 Å². The molecule has 2 fully saturated rings. The molecular formula is C19H22FN3O. The van der Waals surface area contributed by atoms with Gasteiger partial charge in [0.15, 0.2) is 0 Å². The number of carbonyl (C=O) groups excluding carboxylic acids is 1. The van der Waals surface area contributed by atoms with Gasteiger partial charge in [-0.3, -0.25) is 9.89 Å². The molecule has 0 bridgehead atoms. The van der Waals surface area contributed by atoms with E-state index in [2.05, 4.69) is 15.5 Å². The third-order valence-corrected chi connectivity index (χ3v) is 5.09. The van der Waals surface area contributed by atoms with Gasteiger partial charge >= 0.3 is 0 Å². The number of hydrogen-bond donors (Lipinski definition) is 2. The molecule has 4 rings (SSSR count). The van der Waals surface area contributed by atoms with Gasteiger partial charge in [-0.05, 0) is 43.7 Å². The first-order valence-corrected chi connectivity index (χ1v) is 8.85.